The summed E-state index contributed by atoms with van der Waals surface area (Å²) in [7, 11) is 3.12. The smallest absolute Gasteiger partial charge is 0.331 e. The zero-order chi connectivity index (χ0) is 23.3. The highest BCUT2D eigenvalue weighted by Gasteiger charge is 2.23. The fraction of sp³-hybridized carbons (Fsp3) is 0.273. The van der Waals surface area contributed by atoms with E-state index in [9.17, 15) is 19.7 Å². The predicted molar refractivity (Wildman–Crippen MR) is 117 cm³/mol. The molecule has 0 unspecified atom stereocenters. The van der Waals surface area contributed by atoms with Crippen LogP contribution in [0.15, 0.2) is 36.4 Å². The highest BCUT2D eigenvalue weighted by molar-refractivity contribution is 6.32. The second-order valence-electron chi connectivity index (χ2n) is 6.95. The molecule has 0 radical (unpaired) electrons. The average molecular weight is 461 g/mol. The summed E-state index contributed by atoms with van der Waals surface area (Å²) in [6.45, 7) is 0.450. The van der Waals surface area contributed by atoms with Crippen LogP contribution in [0.1, 0.15) is 16.7 Å². The minimum absolute atomic E-state index is 0.000470. The van der Waals surface area contributed by atoms with Gasteiger partial charge < -0.3 is 19.1 Å². The van der Waals surface area contributed by atoms with Gasteiger partial charge >= 0.3 is 5.97 Å². The summed E-state index contributed by atoms with van der Waals surface area (Å²) < 4.78 is 15.7. The molecule has 2 aromatic rings. The minimum atomic E-state index is -0.736. The van der Waals surface area contributed by atoms with Gasteiger partial charge in [0, 0.05) is 25.2 Å². The van der Waals surface area contributed by atoms with E-state index >= 15 is 0 Å². The number of hydrogen-bond acceptors (Lipinski definition) is 7. The van der Waals surface area contributed by atoms with Crippen LogP contribution in [0.2, 0.25) is 5.02 Å². The van der Waals surface area contributed by atoms with Crippen LogP contribution >= 0.6 is 11.6 Å². The van der Waals surface area contributed by atoms with Crippen LogP contribution in [0.5, 0.6) is 11.5 Å². The molecule has 0 saturated carbocycles. The highest BCUT2D eigenvalue weighted by Crippen LogP contribution is 2.33. The summed E-state index contributed by atoms with van der Waals surface area (Å²) in [6.07, 6.45) is 3.10. The Morgan fingerprint density at radius 3 is 2.50 bits per heavy atom. The van der Waals surface area contributed by atoms with Gasteiger partial charge in [-0.05, 0) is 47.4 Å². The van der Waals surface area contributed by atoms with Crippen LogP contribution in [0.3, 0.4) is 0 Å². The second-order valence-corrected chi connectivity index (χ2v) is 7.36. The number of fused-ring (bicyclic) bond motifs is 1. The summed E-state index contributed by atoms with van der Waals surface area (Å²) in [5.74, 6) is 0.159. The Balaban J connectivity index is 1.57. The number of hydrogen-bond donors (Lipinski definition) is 0. The lowest BCUT2D eigenvalue weighted by Gasteiger charge is -2.29. The summed E-state index contributed by atoms with van der Waals surface area (Å²) >= 11 is 5.76. The monoisotopic (exact) mass is 460 g/mol. The van der Waals surface area contributed by atoms with E-state index in [4.69, 9.17) is 25.8 Å². The van der Waals surface area contributed by atoms with Crippen LogP contribution in [0.4, 0.5) is 5.69 Å². The maximum absolute atomic E-state index is 12.5. The number of carbonyl (C=O) groups is 2. The van der Waals surface area contributed by atoms with E-state index in [-0.39, 0.29) is 16.6 Å². The molecule has 32 heavy (non-hydrogen) atoms. The lowest BCUT2D eigenvalue weighted by atomic mass is 9.99. The fourth-order valence-electron chi connectivity index (χ4n) is 3.31. The average Bonchev–Trinajstić information content (AvgIpc) is 2.80. The topological polar surface area (TPSA) is 108 Å². The van der Waals surface area contributed by atoms with Crippen LogP contribution in [0.25, 0.3) is 6.08 Å². The number of esters is 1. The maximum atomic E-state index is 12.5. The molecule has 2 aromatic carbocycles. The number of carbonyl (C=O) groups excluding carboxylic acids is 2. The number of nitrogens with zero attached hydrogens (tertiary/aromatic N) is 2. The van der Waals surface area contributed by atoms with Gasteiger partial charge in [-0.15, -0.1) is 0 Å². The molecule has 0 spiro atoms. The number of rotatable bonds is 7. The van der Waals surface area contributed by atoms with Crippen LogP contribution in [-0.2, 0) is 27.3 Å². The van der Waals surface area contributed by atoms with E-state index in [1.165, 1.54) is 24.3 Å². The van der Waals surface area contributed by atoms with E-state index in [1.54, 1.807) is 19.1 Å². The van der Waals surface area contributed by atoms with Crippen LogP contribution in [-0.4, -0.2) is 49.1 Å². The van der Waals surface area contributed by atoms with Gasteiger partial charge in [-0.2, -0.15) is 0 Å². The lowest BCUT2D eigenvalue weighted by molar-refractivity contribution is -0.384. The molecule has 0 bridgehead atoms. The molecule has 0 atom stereocenters. The van der Waals surface area contributed by atoms with Crippen molar-refractivity contribution in [2.24, 2.45) is 0 Å². The van der Waals surface area contributed by atoms with Crippen molar-refractivity contribution in [2.75, 3.05) is 27.4 Å². The third-order valence-electron chi connectivity index (χ3n) is 4.99. The molecule has 10 heteroatoms. The van der Waals surface area contributed by atoms with Gasteiger partial charge in [0.1, 0.15) is 5.02 Å². The summed E-state index contributed by atoms with van der Waals surface area (Å²) in [4.78, 5) is 36.4. The molecule has 9 nitrogen and oxygen atoms in total. The fourth-order valence-corrected chi connectivity index (χ4v) is 3.49. The zero-order valence-corrected chi connectivity index (χ0v) is 18.3. The normalized spacial score (nSPS) is 12.9. The van der Waals surface area contributed by atoms with Crippen molar-refractivity contribution < 1.29 is 28.7 Å². The third-order valence-corrected chi connectivity index (χ3v) is 5.31. The first-order valence-corrected chi connectivity index (χ1v) is 10.0. The maximum Gasteiger partial charge on any atom is 0.331 e. The van der Waals surface area contributed by atoms with Crippen molar-refractivity contribution in [2.45, 2.75) is 13.0 Å². The highest BCUT2D eigenvalue weighted by atomic mass is 35.5. The SMILES string of the molecule is COc1cc2c(cc1OC)CN(C(=O)COC(=O)/C=C/c1ccc(Cl)c([N+](=O)[O-])c1)CC2. The molecular formula is C22H21ClN2O7. The first kappa shape index (κ1) is 23.1. The van der Waals surface area contributed by atoms with Gasteiger partial charge in [0.05, 0.1) is 19.1 Å². The quantitative estimate of drug-likeness (QED) is 0.269. The number of benzene rings is 2. The molecule has 0 saturated heterocycles. The number of nitro groups is 1. The van der Waals surface area contributed by atoms with Crippen molar-refractivity contribution in [3.8, 4) is 11.5 Å². The number of ether oxygens (including phenoxy) is 3. The molecule has 1 amide bonds. The summed E-state index contributed by atoms with van der Waals surface area (Å²) in [5.41, 5.74) is 2.15. The Morgan fingerprint density at radius 1 is 1.16 bits per heavy atom. The lowest BCUT2D eigenvalue weighted by Crippen LogP contribution is -2.38. The number of methoxy groups -OCH3 is 2. The van der Waals surface area contributed by atoms with Crippen LogP contribution in [0, 0.1) is 10.1 Å². The summed E-state index contributed by atoms with van der Waals surface area (Å²) in [6, 6.07) is 7.88. The zero-order valence-electron chi connectivity index (χ0n) is 17.5. The van der Waals surface area contributed by atoms with E-state index in [2.05, 4.69) is 0 Å². The van der Waals surface area contributed by atoms with E-state index in [1.807, 2.05) is 12.1 Å². The predicted octanol–water partition coefficient (Wildman–Crippen LogP) is 3.41. The van der Waals surface area contributed by atoms with Gasteiger partial charge in [-0.1, -0.05) is 17.7 Å². The molecule has 0 aromatic heterocycles. The Hall–Kier alpha value is -3.59. The molecule has 1 aliphatic rings. The standard InChI is InChI=1S/C22H21ClN2O7/c1-30-19-10-15-7-8-24(12-16(15)11-20(19)31-2)21(26)13-32-22(27)6-4-14-3-5-17(23)18(9-14)25(28)29/h3-6,9-11H,7-8,12-13H2,1-2H3/b6-4+. The Morgan fingerprint density at radius 2 is 1.84 bits per heavy atom. The first-order valence-electron chi connectivity index (χ1n) is 9.62. The molecule has 0 fully saturated rings. The van der Waals surface area contributed by atoms with Crippen LogP contribution < -0.4 is 9.47 Å². The van der Waals surface area contributed by atoms with Gasteiger partial charge in [0.25, 0.3) is 11.6 Å². The van der Waals surface area contributed by atoms with Crippen molar-refractivity contribution >= 4 is 35.2 Å². The van der Waals surface area contributed by atoms with Crippen molar-refractivity contribution in [1.29, 1.82) is 0 Å². The minimum Gasteiger partial charge on any atom is -0.493 e. The first-order chi connectivity index (χ1) is 15.3. The molecular weight excluding hydrogens is 440 g/mol. The van der Waals surface area contributed by atoms with Crippen molar-refractivity contribution in [1.82, 2.24) is 4.90 Å². The Labute approximate surface area is 189 Å². The molecule has 1 aliphatic heterocycles. The van der Waals surface area contributed by atoms with Gasteiger partial charge in [0.15, 0.2) is 18.1 Å². The second kappa shape index (κ2) is 10.1. The molecule has 3 rings (SSSR count). The number of amides is 1. The Kier molecular flexibility index (Phi) is 7.32. The van der Waals surface area contributed by atoms with Gasteiger partial charge in [-0.25, -0.2) is 4.79 Å². The van der Waals surface area contributed by atoms with Crippen molar-refractivity contribution in [3.63, 3.8) is 0 Å². The molecule has 1 heterocycles. The Bertz CT molecular complexity index is 1080. The molecule has 0 N–H and O–H groups in total. The molecule has 0 aliphatic carbocycles. The van der Waals surface area contributed by atoms with E-state index in [0.29, 0.717) is 36.6 Å². The van der Waals surface area contributed by atoms with Gasteiger partial charge in [0.2, 0.25) is 0 Å². The van der Waals surface area contributed by atoms with E-state index < -0.39 is 17.5 Å². The molecule has 168 valence electrons. The van der Waals surface area contributed by atoms with Crippen molar-refractivity contribution in [3.05, 3.63) is 68.2 Å². The number of nitro benzene ring substituents is 1. The number of halogens is 1. The summed E-state index contributed by atoms with van der Waals surface area (Å²) in [5, 5.41) is 10.9. The van der Waals surface area contributed by atoms with E-state index in [0.717, 1.165) is 17.2 Å². The van der Waals surface area contributed by atoms with Gasteiger partial charge in [-0.3, -0.25) is 14.9 Å². The third kappa shape index (κ3) is 5.36. The largest absolute Gasteiger partial charge is 0.493 e.